The first kappa shape index (κ1) is 15.4. The normalized spacial score (nSPS) is 13.0. The third-order valence-electron chi connectivity index (χ3n) is 3.62. The van der Waals surface area contributed by atoms with Crippen molar-refractivity contribution in [1.82, 2.24) is 15.2 Å². The number of aromatic nitrogens is 1. The molecule has 0 atom stereocenters. The summed E-state index contributed by atoms with van der Waals surface area (Å²) in [4.78, 5) is 18.2. The lowest BCUT2D eigenvalue weighted by Gasteiger charge is -2.19. The van der Waals surface area contributed by atoms with Crippen molar-refractivity contribution in [1.29, 1.82) is 0 Å². The summed E-state index contributed by atoms with van der Waals surface area (Å²) in [6.45, 7) is 2.34. The fraction of sp³-hybridized carbons (Fsp3) is 0.375. The highest BCUT2D eigenvalue weighted by Gasteiger charge is 2.23. The number of ether oxygens (including phenoxy) is 2. The van der Waals surface area contributed by atoms with Crippen LogP contribution in [0.4, 0.5) is 0 Å². The second-order valence-corrected chi connectivity index (χ2v) is 5.22. The number of oxazole rings is 1. The molecule has 1 aliphatic rings. The van der Waals surface area contributed by atoms with Crippen LogP contribution in [-0.2, 0) is 0 Å². The number of amides is 1. The van der Waals surface area contributed by atoms with Crippen LogP contribution in [0.2, 0.25) is 0 Å². The number of rotatable bonds is 5. The second-order valence-electron chi connectivity index (χ2n) is 5.22. The van der Waals surface area contributed by atoms with Crippen molar-refractivity contribution < 1.29 is 18.7 Å². The standard InChI is InChI=1S/C16H19N3O4/c1-17-5-6-19(2)16(20)14-15(23-10-18-14)11-3-4-12-13(9-11)22-8-7-21-12/h3-4,9-10,17H,5-8H2,1-2H3. The predicted molar refractivity (Wildman–Crippen MR) is 83.8 cm³/mol. The molecule has 0 fully saturated rings. The monoisotopic (exact) mass is 317 g/mol. The van der Waals surface area contributed by atoms with Crippen LogP contribution in [0.5, 0.6) is 11.5 Å². The average molecular weight is 317 g/mol. The molecule has 1 aromatic heterocycles. The molecule has 122 valence electrons. The molecule has 0 bridgehead atoms. The van der Waals surface area contributed by atoms with Gasteiger partial charge in [-0.15, -0.1) is 0 Å². The van der Waals surface area contributed by atoms with Crippen LogP contribution in [0, 0.1) is 0 Å². The molecule has 1 aromatic carbocycles. The number of benzene rings is 1. The number of fused-ring (bicyclic) bond motifs is 1. The van der Waals surface area contributed by atoms with Crippen molar-refractivity contribution in [3.63, 3.8) is 0 Å². The molecule has 0 spiro atoms. The Morgan fingerprint density at radius 3 is 2.87 bits per heavy atom. The van der Waals surface area contributed by atoms with Gasteiger partial charge in [0.2, 0.25) is 0 Å². The topological polar surface area (TPSA) is 76.8 Å². The Morgan fingerprint density at radius 2 is 2.09 bits per heavy atom. The fourth-order valence-electron chi connectivity index (χ4n) is 2.35. The van der Waals surface area contributed by atoms with Crippen molar-refractivity contribution >= 4 is 5.91 Å². The van der Waals surface area contributed by atoms with E-state index >= 15 is 0 Å². The molecule has 0 unspecified atom stereocenters. The zero-order valence-electron chi connectivity index (χ0n) is 13.2. The highest BCUT2D eigenvalue weighted by atomic mass is 16.6. The smallest absolute Gasteiger partial charge is 0.276 e. The molecule has 7 heteroatoms. The molecule has 0 radical (unpaired) electrons. The van der Waals surface area contributed by atoms with Crippen molar-refractivity contribution in [3.05, 3.63) is 30.3 Å². The third-order valence-corrected chi connectivity index (χ3v) is 3.62. The second kappa shape index (κ2) is 6.70. The van der Waals surface area contributed by atoms with Gasteiger partial charge in [-0.2, -0.15) is 0 Å². The number of carbonyl (C=O) groups is 1. The summed E-state index contributed by atoms with van der Waals surface area (Å²) < 4.78 is 16.5. The van der Waals surface area contributed by atoms with Gasteiger partial charge in [0.1, 0.15) is 13.2 Å². The maximum Gasteiger partial charge on any atom is 0.276 e. The molecule has 2 heterocycles. The molecule has 1 amide bonds. The summed E-state index contributed by atoms with van der Waals surface area (Å²) in [5.41, 5.74) is 1.03. The highest BCUT2D eigenvalue weighted by molar-refractivity contribution is 5.97. The number of hydrogen-bond acceptors (Lipinski definition) is 6. The zero-order chi connectivity index (χ0) is 16.2. The summed E-state index contributed by atoms with van der Waals surface area (Å²) in [5.74, 6) is 1.59. The molecule has 1 N–H and O–H groups in total. The van der Waals surface area contributed by atoms with E-state index < -0.39 is 0 Å². The first-order valence-electron chi connectivity index (χ1n) is 7.44. The summed E-state index contributed by atoms with van der Waals surface area (Å²) in [6.07, 6.45) is 1.28. The SMILES string of the molecule is CNCCN(C)C(=O)c1ncoc1-c1ccc2c(c1)OCCO2. The van der Waals surface area contributed by atoms with E-state index in [1.165, 1.54) is 6.39 Å². The summed E-state index contributed by atoms with van der Waals surface area (Å²) >= 11 is 0. The molecule has 7 nitrogen and oxygen atoms in total. The van der Waals surface area contributed by atoms with Crippen LogP contribution in [-0.4, -0.2) is 56.2 Å². The van der Waals surface area contributed by atoms with E-state index in [0.29, 0.717) is 49.3 Å². The Hall–Kier alpha value is -2.54. The molecule has 0 saturated heterocycles. The van der Waals surface area contributed by atoms with Gasteiger partial charge in [0.15, 0.2) is 29.3 Å². The lowest BCUT2D eigenvalue weighted by Crippen LogP contribution is -2.33. The Labute approximate surface area is 134 Å². The first-order valence-corrected chi connectivity index (χ1v) is 7.44. The maximum atomic E-state index is 12.5. The summed E-state index contributed by atoms with van der Waals surface area (Å²) in [7, 11) is 3.58. The van der Waals surface area contributed by atoms with Crippen LogP contribution in [0.25, 0.3) is 11.3 Å². The Kier molecular flexibility index (Phi) is 4.47. The van der Waals surface area contributed by atoms with E-state index in [-0.39, 0.29) is 5.91 Å². The minimum Gasteiger partial charge on any atom is -0.486 e. The quantitative estimate of drug-likeness (QED) is 0.898. The van der Waals surface area contributed by atoms with E-state index in [9.17, 15) is 4.79 Å². The largest absolute Gasteiger partial charge is 0.486 e. The van der Waals surface area contributed by atoms with E-state index in [4.69, 9.17) is 13.9 Å². The lowest BCUT2D eigenvalue weighted by molar-refractivity contribution is 0.0792. The Bertz CT molecular complexity index is 698. The summed E-state index contributed by atoms with van der Waals surface area (Å²) in [5, 5.41) is 3.01. The van der Waals surface area contributed by atoms with Crippen molar-refractivity contribution in [3.8, 4) is 22.8 Å². The number of hydrogen-bond donors (Lipinski definition) is 1. The summed E-state index contributed by atoms with van der Waals surface area (Å²) in [6, 6.07) is 5.45. The van der Waals surface area contributed by atoms with Gasteiger partial charge in [0.25, 0.3) is 5.91 Å². The van der Waals surface area contributed by atoms with Crippen LogP contribution in [0.1, 0.15) is 10.5 Å². The van der Waals surface area contributed by atoms with Gasteiger partial charge in [-0.3, -0.25) is 4.79 Å². The first-order chi connectivity index (χ1) is 11.2. The molecule has 23 heavy (non-hydrogen) atoms. The van der Waals surface area contributed by atoms with Crippen LogP contribution >= 0.6 is 0 Å². The predicted octanol–water partition coefficient (Wildman–Crippen LogP) is 1.40. The number of nitrogens with zero attached hydrogens (tertiary/aromatic N) is 2. The van der Waals surface area contributed by atoms with Gasteiger partial charge in [0, 0.05) is 25.7 Å². The zero-order valence-corrected chi connectivity index (χ0v) is 13.2. The fourth-order valence-corrected chi connectivity index (χ4v) is 2.35. The van der Waals surface area contributed by atoms with E-state index in [0.717, 1.165) is 5.56 Å². The minimum atomic E-state index is -0.182. The van der Waals surface area contributed by atoms with Gasteiger partial charge >= 0.3 is 0 Å². The van der Waals surface area contributed by atoms with E-state index in [2.05, 4.69) is 10.3 Å². The maximum absolute atomic E-state index is 12.5. The molecular formula is C16H19N3O4. The van der Waals surface area contributed by atoms with E-state index in [1.807, 2.05) is 19.2 Å². The average Bonchev–Trinajstić information content (AvgIpc) is 3.08. The number of carbonyl (C=O) groups excluding carboxylic acids is 1. The molecule has 0 saturated carbocycles. The molecule has 2 aromatic rings. The Balaban J connectivity index is 1.87. The van der Waals surface area contributed by atoms with Crippen molar-refractivity contribution in [2.45, 2.75) is 0 Å². The van der Waals surface area contributed by atoms with Crippen molar-refractivity contribution in [2.24, 2.45) is 0 Å². The van der Waals surface area contributed by atoms with Gasteiger partial charge < -0.3 is 24.1 Å². The Morgan fingerprint density at radius 1 is 1.30 bits per heavy atom. The third kappa shape index (κ3) is 3.14. The molecular weight excluding hydrogens is 298 g/mol. The van der Waals surface area contributed by atoms with Gasteiger partial charge in [-0.1, -0.05) is 0 Å². The number of likely N-dealkylation sites (N-methyl/N-ethyl adjacent to an activating group) is 2. The van der Waals surface area contributed by atoms with Crippen LogP contribution in [0.15, 0.2) is 29.0 Å². The van der Waals surface area contributed by atoms with Crippen LogP contribution < -0.4 is 14.8 Å². The van der Waals surface area contributed by atoms with E-state index in [1.54, 1.807) is 18.0 Å². The molecule has 0 aliphatic carbocycles. The van der Waals surface area contributed by atoms with Gasteiger partial charge in [-0.25, -0.2) is 4.98 Å². The molecule has 3 rings (SSSR count). The highest BCUT2D eigenvalue weighted by Crippen LogP contribution is 2.35. The lowest BCUT2D eigenvalue weighted by atomic mass is 10.1. The molecule has 1 aliphatic heterocycles. The van der Waals surface area contributed by atoms with Crippen LogP contribution in [0.3, 0.4) is 0 Å². The van der Waals surface area contributed by atoms with Gasteiger partial charge in [0.05, 0.1) is 0 Å². The van der Waals surface area contributed by atoms with Crippen molar-refractivity contribution in [2.75, 3.05) is 40.4 Å². The van der Waals surface area contributed by atoms with Gasteiger partial charge in [-0.05, 0) is 25.2 Å². The minimum absolute atomic E-state index is 0.182. The number of nitrogens with one attached hydrogen (secondary N) is 1.